The molecule has 5 rings (SSSR count). The molecule has 0 saturated carbocycles. The smallest absolute Gasteiger partial charge is 0.338 e. The molecule has 1 unspecified atom stereocenters. The third kappa shape index (κ3) is 3.74. The summed E-state index contributed by atoms with van der Waals surface area (Å²) in [7, 11) is 1.41. The number of esters is 1. The summed E-state index contributed by atoms with van der Waals surface area (Å²) in [5.74, 6) is 1.09. The maximum atomic E-state index is 13.2. The van der Waals surface area contributed by atoms with Crippen molar-refractivity contribution in [3.8, 4) is 5.75 Å². The Balaban J connectivity index is 1.74. The lowest BCUT2D eigenvalue weighted by Crippen LogP contribution is -2.28. The van der Waals surface area contributed by atoms with Crippen molar-refractivity contribution in [2.45, 2.75) is 19.4 Å². The molecule has 0 bridgehead atoms. The molecular weight excluding hydrogens is 414 g/mol. The minimum atomic E-state index is -0.420. The molecule has 1 aromatic heterocycles. The number of nitrogens with zero attached hydrogens (tertiary/aromatic N) is 2. The van der Waals surface area contributed by atoms with Crippen molar-refractivity contribution in [2.75, 3.05) is 19.0 Å². The Labute approximate surface area is 192 Å². The van der Waals surface area contributed by atoms with Crippen LogP contribution in [-0.4, -0.2) is 29.2 Å². The number of aromatic nitrogens is 2. The molecule has 0 fully saturated rings. The van der Waals surface area contributed by atoms with E-state index in [-0.39, 0.29) is 5.97 Å². The van der Waals surface area contributed by atoms with Gasteiger partial charge in [-0.2, -0.15) is 0 Å². The molecule has 0 saturated heterocycles. The van der Waals surface area contributed by atoms with E-state index in [1.165, 1.54) is 7.11 Å². The minimum Gasteiger partial charge on any atom is -0.494 e. The molecule has 1 aliphatic heterocycles. The number of hydrogen-bond acceptors (Lipinski definition) is 5. The van der Waals surface area contributed by atoms with Crippen LogP contribution in [0.4, 0.5) is 5.95 Å². The van der Waals surface area contributed by atoms with E-state index >= 15 is 0 Å². The molecule has 166 valence electrons. The predicted octanol–water partition coefficient (Wildman–Crippen LogP) is 5.42. The van der Waals surface area contributed by atoms with Crippen molar-refractivity contribution >= 4 is 28.6 Å². The molecule has 33 heavy (non-hydrogen) atoms. The molecular formula is C27H25N3O3. The second kappa shape index (κ2) is 8.82. The molecule has 1 atom stereocenters. The topological polar surface area (TPSA) is 65.4 Å². The monoisotopic (exact) mass is 439 g/mol. The Bertz CT molecular complexity index is 1320. The lowest BCUT2D eigenvalue weighted by atomic mass is 9.92. The maximum absolute atomic E-state index is 13.2. The number of carbonyl (C=O) groups excluding carboxylic acids is 1. The second-order valence-corrected chi connectivity index (χ2v) is 7.89. The SMILES string of the molecule is CCCOc1ccc(C2C(C(=O)OC)=C(c3ccccc3)Nc3nc4ccccc4n32)cc1. The van der Waals surface area contributed by atoms with E-state index in [1.807, 2.05) is 78.9 Å². The van der Waals surface area contributed by atoms with Gasteiger partial charge in [0.05, 0.1) is 42.1 Å². The van der Waals surface area contributed by atoms with E-state index in [0.717, 1.165) is 34.3 Å². The van der Waals surface area contributed by atoms with Gasteiger partial charge in [0.2, 0.25) is 5.95 Å². The van der Waals surface area contributed by atoms with Gasteiger partial charge in [-0.15, -0.1) is 0 Å². The van der Waals surface area contributed by atoms with Gasteiger partial charge in [0.25, 0.3) is 0 Å². The second-order valence-electron chi connectivity index (χ2n) is 7.89. The van der Waals surface area contributed by atoms with Crippen LogP contribution in [0.5, 0.6) is 5.75 Å². The van der Waals surface area contributed by atoms with E-state index in [2.05, 4.69) is 16.8 Å². The fourth-order valence-electron chi connectivity index (χ4n) is 4.28. The highest BCUT2D eigenvalue weighted by atomic mass is 16.5. The standard InChI is InChI=1S/C27H25N3O3/c1-3-17-33-20-15-13-19(14-16-20)25-23(26(31)32-2)24(18-9-5-4-6-10-18)29-27-28-21-11-7-8-12-22(21)30(25)27/h4-16,25H,3,17H2,1-2H3,(H,28,29). The highest BCUT2D eigenvalue weighted by molar-refractivity contribution is 6.03. The van der Waals surface area contributed by atoms with Crippen molar-refractivity contribution < 1.29 is 14.3 Å². The maximum Gasteiger partial charge on any atom is 0.338 e. The van der Waals surface area contributed by atoms with Crippen LogP contribution in [0.25, 0.3) is 16.7 Å². The van der Waals surface area contributed by atoms with E-state index in [4.69, 9.17) is 14.5 Å². The Morgan fingerprint density at radius 3 is 2.45 bits per heavy atom. The first kappa shape index (κ1) is 20.8. The van der Waals surface area contributed by atoms with Crippen LogP contribution in [0.1, 0.15) is 30.5 Å². The van der Waals surface area contributed by atoms with Crippen LogP contribution in [-0.2, 0) is 9.53 Å². The summed E-state index contributed by atoms with van der Waals surface area (Å²) < 4.78 is 13.1. The fourth-order valence-corrected chi connectivity index (χ4v) is 4.28. The van der Waals surface area contributed by atoms with Crippen molar-refractivity contribution in [1.82, 2.24) is 9.55 Å². The fraction of sp³-hybridized carbons (Fsp3) is 0.185. The third-order valence-corrected chi connectivity index (χ3v) is 5.77. The first-order chi connectivity index (χ1) is 16.2. The Morgan fingerprint density at radius 1 is 1.00 bits per heavy atom. The summed E-state index contributed by atoms with van der Waals surface area (Å²) in [5.41, 5.74) is 4.85. The summed E-state index contributed by atoms with van der Waals surface area (Å²) >= 11 is 0. The van der Waals surface area contributed by atoms with Gasteiger partial charge in [-0.1, -0.05) is 61.5 Å². The Kier molecular flexibility index (Phi) is 5.57. The van der Waals surface area contributed by atoms with Crippen molar-refractivity contribution in [3.63, 3.8) is 0 Å². The van der Waals surface area contributed by atoms with E-state index in [1.54, 1.807) is 0 Å². The largest absolute Gasteiger partial charge is 0.494 e. The number of benzene rings is 3. The zero-order chi connectivity index (χ0) is 22.8. The van der Waals surface area contributed by atoms with Gasteiger partial charge < -0.3 is 14.8 Å². The van der Waals surface area contributed by atoms with Gasteiger partial charge in [-0.25, -0.2) is 9.78 Å². The van der Waals surface area contributed by atoms with Crippen LogP contribution >= 0.6 is 0 Å². The number of hydrogen-bond donors (Lipinski definition) is 1. The number of nitrogens with one attached hydrogen (secondary N) is 1. The van der Waals surface area contributed by atoms with Crippen LogP contribution in [0, 0.1) is 0 Å². The van der Waals surface area contributed by atoms with E-state index in [0.29, 0.717) is 23.8 Å². The number of ether oxygens (including phenoxy) is 2. The number of anilines is 1. The molecule has 3 aromatic carbocycles. The zero-order valence-electron chi connectivity index (χ0n) is 18.6. The third-order valence-electron chi connectivity index (χ3n) is 5.77. The number of imidazole rings is 1. The number of rotatable bonds is 6. The summed E-state index contributed by atoms with van der Waals surface area (Å²) in [4.78, 5) is 18.1. The quantitative estimate of drug-likeness (QED) is 0.406. The average Bonchev–Trinajstić information content (AvgIpc) is 3.25. The summed E-state index contributed by atoms with van der Waals surface area (Å²) in [6.45, 7) is 2.74. The Morgan fingerprint density at radius 2 is 1.73 bits per heavy atom. The van der Waals surface area contributed by atoms with Crippen LogP contribution in [0.2, 0.25) is 0 Å². The van der Waals surface area contributed by atoms with Gasteiger partial charge >= 0.3 is 5.97 Å². The molecule has 0 radical (unpaired) electrons. The normalized spacial score (nSPS) is 15.2. The number of para-hydroxylation sites is 2. The average molecular weight is 440 g/mol. The molecule has 2 heterocycles. The van der Waals surface area contributed by atoms with Crippen molar-refractivity contribution in [1.29, 1.82) is 0 Å². The zero-order valence-corrected chi connectivity index (χ0v) is 18.6. The van der Waals surface area contributed by atoms with Gasteiger partial charge in [-0.3, -0.25) is 4.57 Å². The number of methoxy groups -OCH3 is 1. The van der Waals surface area contributed by atoms with Gasteiger partial charge in [-0.05, 0) is 41.8 Å². The highest BCUT2D eigenvalue weighted by Crippen LogP contribution is 2.42. The molecule has 0 spiro atoms. The first-order valence-electron chi connectivity index (χ1n) is 11.1. The lowest BCUT2D eigenvalue weighted by Gasteiger charge is -2.31. The summed E-state index contributed by atoms with van der Waals surface area (Å²) in [6.07, 6.45) is 0.941. The predicted molar refractivity (Wildman–Crippen MR) is 129 cm³/mol. The van der Waals surface area contributed by atoms with Crippen molar-refractivity contribution in [2.24, 2.45) is 0 Å². The Hall–Kier alpha value is -4.06. The number of carbonyl (C=O) groups is 1. The molecule has 4 aromatic rings. The molecule has 0 amide bonds. The molecule has 0 aliphatic carbocycles. The minimum absolute atomic E-state index is 0.388. The highest BCUT2D eigenvalue weighted by Gasteiger charge is 2.36. The van der Waals surface area contributed by atoms with Gasteiger partial charge in [0, 0.05) is 0 Å². The molecule has 6 nitrogen and oxygen atoms in total. The first-order valence-corrected chi connectivity index (χ1v) is 11.1. The van der Waals surface area contributed by atoms with Crippen LogP contribution in [0.15, 0.2) is 84.4 Å². The lowest BCUT2D eigenvalue weighted by molar-refractivity contribution is -0.136. The summed E-state index contributed by atoms with van der Waals surface area (Å²) in [6, 6.07) is 25.2. The van der Waals surface area contributed by atoms with E-state index in [9.17, 15) is 4.79 Å². The van der Waals surface area contributed by atoms with E-state index < -0.39 is 6.04 Å². The molecule has 1 N–H and O–H groups in total. The van der Waals surface area contributed by atoms with Crippen LogP contribution in [0.3, 0.4) is 0 Å². The van der Waals surface area contributed by atoms with Gasteiger partial charge in [0.1, 0.15) is 5.75 Å². The van der Waals surface area contributed by atoms with Gasteiger partial charge in [0.15, 0.2) is 0 Å². The van der Waals surface area contributed by atoms with Crippen LogP contribution < -0.4 is 10.1 Å². The summed E-state index contributed by atoms with van der Waals surface area (Å²) in [5, 5.41) is 3.41. The molecule has 6 heteroatoms. The molecule has 1 aliphatic rings. The van der Waals surface area contributed by atoms with Crippen molar-refractivity contribution in [3.05, 3.63) is 95.6 Å². The number of fused-ring (bicyclic) bond motifs is 3.